The van der Waals surface area contributed by atoms with Gasteiger partial charge in [-0.2, -0.15) is 0 Å². The molecular weight excluding hydrogens is 412 g/mol. The van der Waals surface area contributed by atoms with Gasteiger partial charge in [0.25, 0.3) is 5.91 Å². The second kappa shape index (κ2) is 8.13. The number of rotatable bonds is 4. The van der Waals surface area contributed by atoms with Gasteiger partial charge in [0.1, 0.15) is 0 Å². The molecule has 1 aliphatic rings. The molecule has 1 fully saturated rings. The molecule has 4 nitrogen and oxygen atoms in total. The summed E-state index contributed by atoms with van der Waals surface area (Å²) in [6, 6.07) is 19.0. The molecular formula is C24H20N2O2S2. The summed E-state index contributed by atoms with van der Waals surface area (Å²) in [5, 5.41) is 2.97. The van der Waals surface area contributed by atoms with Crippen LogP contribution in [0.1, 0.15) is 49.4 Å². The molecule has 0 saturated carbocycles. The molecule has 1 aliphatic heterocycles. The van der Waals surface area contributed by atoms with Gasteiger partial charge in [0.15, 0.2) is 0 Å². The Balaban J connectivity index is 1.41. The lowest BCUT2D eigenvalue weighted by atomic mass is 9.96. The Labute approximate surface area is 182 Å². The van der Waals surface area contributed by atoms with Crippen molar-refractivity contribution < 1.29 is 9.59 Å². The Morgan fingerprint density at radius 2 is 1.77 bits per heavy atom. The summed E-state index contributed by atoms with van der Waals surface area (Å²) in [6.45, 7) is 1.35. The Morgan fingerprint density at radius 1 is 0.967 bits per heavy atom. The molecule has 1 saturated heterocycles. The highest BCUT2D eigenvalue weighted by Crippen LogP contribution is 2.33. The number of benzene rings is 2. The molecule has 1 atom stereocenters. The van der Waals surface area contributed by atoms with E-state index in [1.54, 1.807) is 29.5 Å². The monoisotopic (exact) mass is 432 g/mol. The number of thiazole rings is 1. The van der Waals surface area contributed by atoms with E-state index in [0.29, 0.717) is 29.1 Å². The zero-order valence-electron chi connectivity index (χ0n) is 16.3. The summed E-state index contributed by atoms with van der Waals surface area (Å²) in [5.74, 6) is 0.0789. The van der Waals surface area contributed by atoms with Crippen LogP contribution in [-0.4, -0.2) is 34.7 Å². The predicted octanol–water partition coefficient (Wildman–Crippen LogP) is 5.61. The molecule has 0 unspecified atom stereocenters. The molecule has 2 aromatic heterocycles. The van der Waals surface area contributed by atoms with Crippen molar-refractivity contribution in [2.75, 3.05) is 13.1 Å². The zero-order chi connectivity index (χ0) is 20.5. The van der Waals surface area contributed by atoms with E-state index in [9.17, 15) is 9.59 Å². The van der Waals surface area contributed by atoms with Crippen molar-refractivity contribution in [2.45, 2.75) is 18.8 Å². The molecule has 6 heteroatoms. The van der Waals surface area contributed by atoms with Gasteiger partial charge in [-0.3, -0.25) is 9.59 Å². The number of fused-ring (bicyclic) bond motifs is 1. The Bertz CT molecular complexity index is 1180. The minimum Gasteiger partial charge on any atom is -0.338 e. The van der Waals surface area contributed by atoms with Crippen LogP contribution in [0.4, 0.5) is 0 Å². The maximum absolute atomic E-state index is 13.4. The molecule has 150 valence electrons. The molecule has 0 aliphatic carbocycles. The van der Waals surface area contributed by atoms with Crippen molar-refractivity contribution in [3.63, 3.8) is 0 Å². The number of likely N-dealkylation sites (tertiary alicyclic amines) is 1. The predicted molar refractivity (Wildman–Crippen MR) is 122 cm³/mol. The topological polar surface area (TPSA) is 50.3 Å². The van der Waals surface area contributed by atoms with Gasteiger partial charge >= 0.3 is 0 Å². The number of amides is 1. The normalized spacial score (nSPS) is 16.7. The fourth-order valence-electron chi connectivity index (χ4n) is 4.01. The van der Waals surface area contributed by atoms with Crippen molar-refractivity contribution in [3.05, 3.63) is 87.1 Å². The summed E-state index contributed by atoms with van der Waals surface area (Å²) >= 11 is 3.12. The maximum atomic E-state index is 13.4. The van der Waals surface area contributed by atoms with Crippen LogP contribution in [0, 0.1) is 0 Å². The first-order valence-electron chi connectivity index (χ1n) is 10.0. The number of piperidine rings is 1. The standard InChI is InChI=1S/C24H20N2O2S2/c27-22(21-12-6-14-29-21)17-8-1-2-9-18(17)24(28)26-13-5-7-16(15-26)23-25-19-10-3-4-11-20(19)30-23/h1-4,6,8-12,14,16H,5,7,13,15H2/t16-/m1/s1. The second-order valence-electron chi connectivity index (χ2n) is 7.46. The van der Waals surface area contributed by atoms with Gasteiger partial charge in [0.2, 0.25) is 5.78 Å². The number of carbonyl (C=O) groups excluding carboxylic acids is 2. The fraction of sp³-hybridized carbons (Fsp3) is 0.208. The molecule has 3 heterocycles. The van der Waals surface area contributed by atoms with Crippen molar-refractivity contribution in [2.24, 2.45) is 0 Å². The lowest BCUT2D eigenvalue weighted by Crippen LogP contribution is -2.39. The first-order chi connectivity index (χ1) is 14.7. The smallest absolute Gasteiger partial charge is 0.254 e. The van der Waals surface area contributed by atoms with Crippen LogP contribution >= 0.6 is 22.7 Å². The SMILES string of the molecule is O=C(c1cccs1)c1ccccc1C(=O)N1CCC[C@@H](c2nc3ccccc3s2)C1. The van der Waals surface area contributed by atoms with Crippen LogP contribution in [0.2, 0.25) is 0 Å². The third-order valence-electron chi connectivity index (χ3n) is 5.52. The van der Waals surface area contributed by atoms with Gasteiger partial charge in [-0.25, -0.2) is 4.98 Å². The molecule has 0 N–H and O–H groups in total. The molecule has 30 heavy (non-hydrogen) atoms. The van der Waals surface area contributed by atoms with E-state index in [-0.39, 0.29) is 17.6 Å². The molecule has 1 amide bonds. The van der Waals surface area contributed by atoms with E-state index in [1.165, 1.54) is 16.0 Å². The van der Waals surface area contributed by atoms with Crippen LogP contribution in [0.5, 0.6) is 0 Å². The van der Waals surface area contributed by atoms with Gasteiger partial charge in [0, 0.05) is 24.6 Å². The Hall–Kier alpha value is -2.83. The quantitative estimate of drug-likeness (QED) is 0.394. The average molecular weight is 433 g/mol. The third kappa shape index (κ3) is 3.57. The Kier molecular flexibility index (Phi) is 5.19. The lowest BCUT2D eigenvalue weighted by molar-refractivity contribution is 0.0703. The minimum atomic E-state index is -0.0892. The number of nitrogens with zero attached hydrogens (tertiary/aromatic N) is 2. The van der Waals surface area contributed by atoms with E-state index < -0.39 is 0 Å². The number of thiophene rings is 1. The van der Waals surface area contributed by atoms with Crippen molar-refractivity contribution in [1.82, 2.24) is 9.88 Å². The number of aromatic nitrogens is 1. The first kappa shape index (κ1) is 19.2. The number of hydrogen-bond donors (Lipinski definition) is 0. The Morgan fingerprint density at radius 3 is 2.57 bits per heavy atom. The summed E-state index contributed by atoms with van der Waals surface area (Å²) in [5.41, 5.74) is 1.99. The zero-order valence-corrected chi connectivity index (χ0v) is 17.9. The minimum absolute atomic E-state index is 0.0682. The van der Waals surface area contributed by atoms with E-state index in [0.717, 1.165) is 23.4 Å². The second-order valence-corrected chi connectivity index (χ2v) is 9.47. The molecule has 0 spiro atoms. The number of para-hydroxylation sites is 1. The largest absolute Gasteiger partial charge is 0.338 e. The van der Waals surface area contributed by atoms with Crippen LogP contribution in [-0.2, 0) is 0 Å². The lowest BCUT2D eigenvalue weighted by Gasteiger charge is -2.32. The molecule has 5 rings (SSSR count). The average Bonchev–Trinajstić information content (AvgIpc) is 3.48. The van der Waals surface area contributed by atoms with Crippen molar-refractivity contribution >= 4 is 44.6 Å². The highest BCUT2D eigenvalue weighted by atomic mass is 32.1. The van der Waals surface area contributed by atoms with Gasteiger partial charge in [0.05, 0.1) is 25.7 Å². The molecule has 0 bridgehead atoms. The van der Waals surface area contributed by atoms with Gasteiger partial charge in [-0.05, 0) is 42.5 Å². The summed E-state index contributed by atoms with van der Waals surface area (Å²) in [4.78, 5) is 33.7. The fourth-order valence-corrected chi connectivity index (χ4v) is 5.78. The third-order valence-corrected chi connectivity index (χ3v) is 7.58. The van der Waals surface area contributed by atoms with Gasteiger partial charge in [-0.1, -0.05) is 36.4 Å². The van der Waals surface area contributed by atoms with Gasteiger partial charge in [-0.15, -0.1) is 22.7 Å². The van der Waals surface area contributed by atoms with E-state index >= 15 is 0 Å². The highest BCUT2D eigenvalue weighted by Gasteiger charge is 2.29. The molecule has 2 aromatic carbocycles. The van der Waals surface area contributed by atoms with Crippen LogP contribution in [0.15, 0.2) is 66.0 Å². The van der Waals surface area contributed by atoms with Crippen LogP contribution in [0.25, 0.3) is 10.2 Å². The highest BCUT2D eigenvalue weighted by molar-refractivity contribution is 7.18. The van der Waals surface area contributed by atoms with E-state index in [1.807, 2.05) is 46.7 Å². The number of ketones is 1. The molecule has 4 aromatic rings. The number of hydrogen-bond acceptors (Lipinski definition) is 5. The van der Waals surface area contributed by atoms with Crippen LogP contribution in [0.3, 0.4) is 0 Å². The van der Waals surface area contributed by atoms with E-state index in [2.05, 4.69) is 6.07 Å². The van der Waals surface area contributed by atoms with E-state index in [4.69, 9.17) is 4.98 Å². The maximum Gasteiger partial charge on any atom is 0.254 e. The van der Waals surface area contributed by atoms with Crippen molar-refractivity contribution in [1.29, 1.82) is 0 Å². The van der Waals surface area contributed by atoms with Gasteiger partial charge < -0.3 is 4.90 Å². The summed E-state index contributed by atoms with van der Waals surface area (Å²) < 4.78 is 1.18. The summed E-state index contributed by atoms with van der Waals surface area (Å²) in [6.07, 6.45) is 1.97. The van der Waals surface area contributed by atoms with Crippen molar-refractivity contribution in [3.8, 4) is 0 Å². The number of carbonyl (C=O) groups is 2. The first-order valence-corrected chi connectivity index (χ1v) is 11.7. The summed E-state index contributed by atoms with van der Waals surface area (Å²) in [7, 11) is 0. The molecule has 0 radical (unpaired) electrons. The van der Waals surface area contributed by atoms with Crippen LogP contribution < -0.4 is 0 Å².